The van der Waals surface area contributed by atoms with Crippen LogP contribution in [0.5, 0.6) is 0 Å². The number of nitrogens with zero attached hydrogens (tertiary/aromatic N) is 5. The maximum atomic E-state index is 12.0. The number of anilines is 2. The highest BCUT2D eigenvalue weighted by Crippen LogP contribution is 2.31. The third-order valence-electron chi connectivity index (χ3n) is 5.98. The zero-order valence-electron chi connectivity index (χ0n) is 17.6. The highest BCUT2D eigenvalue weighted by atomic mass is 32.2. The number of rotatable bonds is 3. The van der Waals surface area contributed by atoms with Crippen LogP contribution in [0.3, 0.4) is 0 Å². The molecule has 8 nitrogen and oxygen atoms in total. The number of benzene rings is 2. The van der Waals surface area contributed by atoms with E-state index < -0.39 is 10.0 Å². The van der Waals surface area contributed by atoms with Crippen molar-refractivity contribution in [3.63, 3.8) is 0 Å². The summed E-state index contributed by atoms with van der Waals surface area (Å²) in [5.74, 6) is 0.976. The second kappa shape index (κ2) is 7.51. The van der Waals surface area contributed by atoms with Crippen LogP contribution >= 0.6 is 0 Å². The van der Waals surface area contributed by atoms with E-state index in [-0.39, 0.29) is 4.90 Å². The van der Waals surface area contributed by atoms with Crippen molar-refractivity contribution in [3.8, 4) is 6.07 Å². The summed E-state index contributed by atoms with van der Waals surface area (Å²) in [4.78, 5) is 9.18. The number of aryl methyl sites for hydroxylation is 1. The van der Waals surface area contributed by atoms with Crippen LogP contribution in [0.4, 0.5) is 11.5 Å². The van der Waals surface area contributed by atoms with Crippen molar-refractivity contribution < 1.29 is 8.42 Å². The van der Waals surface area contributed by atoms with Crippen LogP contribution in [0.15, 0.2) is 59.5 Å². The quantitative estimate of drug-likeness (QED) is 0.518. The highest BCUT2D eigenvalue weighted by Gasteiger charge is 2.25. The lowest BCUT2D eigenvalue weighted by molar-refractivity contribution is 0.595. The molecule has 1 aliphatic heterocycles. The molecule has 5 rings (SSSR count). The first kappa shape index (κ1) is 20.3. The first-order chi connectivity index (χ1) is 15.4. The Morgan fingerprint density at radius 2 is 1.66 bits per heavy atom. The number of sulfonamides is 1. The number of pyridine rings is 1. The fourth-order valence-corrected chi connectivity index (χ4v) is 5.20. The lowest BCUT2D eigenvalue weighted by Gasteiger charge is -2.38. The van der Waals surface area contributed by atoms with E-state index in [0.29, 0.717) is 43.1 Å². The third kappa shape index (κ3) is 3.25. The minimum atomic E-state index is -3.81. The first-order valence-corrected chi connectivity index (χ1v) is 11.9. The van der Waals surface area contributed by atoms with Crippen LogP contribution in [0.2, 0.25) is 0 Å². The van der Waals surface area contributed by atoms with Gasteiger partial charge < -0.3 is 9.80 Å². The Labute approximate surface area is 186 Å². The molecule has 1 fully saturated rings. The summed E-state index contributed by atoms with van der Waals surface area (Å²) < 4.78 is 26.1. The molecule has 0 atom stereocenters. The number of hydrogen-bond donors (Lipinski definition) is 1. The van der Waals surface area contributed by atoms with Crippen LogP contribution in [0.1, 0.15) is 11.1 Å². The van der Waals surface area contributed by atoms with Gasteiger partial charge in [0.1, 0.15) is 16.8 Å². The number of aromatic nitrogens is 2. The maximum absolute atomic E-state index is 12.0. The molecule has 3 heterocycles. The van der Waals surface area contributed by atoms with Crippen LogP contribution in [-0.4, -0.2) is 44.0 Å². The number of primary sulfonamides is 1. The van der Waals surface area contributed by atoms with E-state index >= 15 is 0 Å². The molecule has 32 heavy (non-hydrogen) atoms. The molecule has 0 unspecified atom stereocenters. The summed E-state index contributed by atoms with van der Waals surface area (Å²) in [5.41, 5.74) is 4.54. The second-order valence-corrected chi connectivity index (χ2v) is 9.45. The lowest BCUT2D eigenvalue weighted by Crippen LogP contribution is -2.47. The highest BCUT2D eigenvalue weighted by molar-refractivity contribution is 7.89. The molecule has 9 heteroatoms. The number of nitrogens with two attached hydrogens (primary N) is 1. The minimum absolute atomic E-state index is 0.144. The molecular formula is C23H22N6O2S. The molecule has 0 spiro atoms. The van der Waals surface area contributed by atoms with Crippen molar-refractivity contribution >= 4 is 38.2 Å². The molecule has 0 radical (unpaired) electrons. The standard InChI is InChI=1S/C23H22N6O2S/c1-16-14-22(29-19-7-3-2-6-18(19)26-23(29)17(16)15-24)28-12-10-27(11-13-28)20-8-4-5-9-21(20)32(25,30)31/h2-9,14H,10-13H2,1H3,(H2,25,30,31). The number of nitriles is 1. The molecule has 1 saturated heterocycles. The summed E-state index contributed by atoms with van der Waals surface area (Å²) in [5, 5.41) is 15.1. The number of imidazole rings is 1. The fraction of sp³-hybridized carbons (Fsp3) is 0.217. The van der Waals surface area contributed by atoms with Crippen LogP contribution in [-0.2, 0) is 10.0 Å². The van der Waals surface area contributed by atoms with Crippen LogP contribution in [0.25, 0.3) is 16.7 Å². The average molecular weight is 447 g/mol. The van der Waals surface area contributed by atoms with E-state index in [9.17, 15) is 13.7 Å². The van der Waals surface area contributed by atoms with Gasteiger partial charge in [-0.15, -0.1) is 0 Å². The zero-order chi connectivity index (χ0) is 22.5. The Bertz CT molecular complexity index is 1490. The molecule has 1 aliphatic rings. The fourth-order valence-electron chi connectivity index (χ4n) is 4.44. The van der Waals surface area contributed by atoms with Gasteiger partial charge in [0, 0.05) is 26.2 Å². The van der Waals surface area contributed by atoms with Gasteiger partial charge in [-0.1, -0.05) is 24.3 Å². The summed E-state index contributed by atoms with van der Waals surface area (Å²) in [6.45, 7) is 4.58. The van der Waals surface area contributed by atoms with Crippen molar-refractivity contribution in [2.75, 3.05) is 36.0 Å². The summed E-state index contributed by atoms with van der Waals surface area (Å²) >= 11 is 0. The van der Waals surface area contributed by atoms with E-state index in [1.165, 1.54) is 0 Å². The molecule has 2 N–H and O–H groups in total. The van der Waals surface area contributed by atoms with Crippen molar-refractivity contribution in [3.05, 3.63) is 65.7 Å². The van der Waals surface area contributed by atoms with Crippen molar-refractivity contribution in [2.45, 2.75) is 11.8 Å². The van der Waals surface area contributed by atoms with Crippen molar-refractivity contribution in [2.24, 2.45) is 5.14 Å². The largest absolute Gasteiger partial charge is 0.367 e. The summed E-state index contributed by atoms with van der Waals surface area (Å²) in [6, 6.07) is 19.0. The van der Waals surface area contributed by atoms with Gasteiger partial charge in [0.05, 0.1) is 22.3 Å². The Hall–Kier alpha value is -3.61. The molecule has 0 aliphatic carbocycles. The van der Waals surface area contributed by atoms with Gasteiger partial charge in [0.15, 0.2) is 5.65 Å². The smallest absolute Gasteiger partial charge is 0.240 e. The Morgan fingerprint density at radius 1 is 1.00 bits per heavy atom. The van der Waals surface area contributed by atoms with E-state index in [0.717, 1.165) is 22.4 Å². The van der Waals surface area contributed by atoms with E-state index in [4.69, 9.17) is 10.1 Å². The topological polar surface area (TPSA) is 108 Å². The zero-order valence-corrected chi connectivity index (χ0v) is 18.4. The SMILES string of the molecule is Cc1cc(N2CCN(c3ccccc3S(N)(=O)=O)CC2)n2c(nc3ccccc32)c1C#N. The van der Waals surface area contributed by atoms with Gasteiger partial charge in [-0.05, 0) is 42.8 Å². The molecule has 2 aromatic heterocycles. The predicted octanol–water partition coefficient (Wildman–Crippen LogP) is 2.64. The molecule has 0 amide bonds. The maximum Gasteiger partial charge on any atom is 0.240 e. The molecular weight excluding hydrogens is 424 g/mol. The Balaban J connectivity index is 1.54. The van der Waals surface area contributed by atoms with Crippen LogP contribution in [0, 0.1) is 18.3 Å². The van der Waals surface area contributed by atoms with Crippen molar-refractivity contribution in [1.29, 1.82) is 5.26 Å². The minimum Gasteiger partial charge on any atom is -0.367 e. The second-order valence-electron chi connectivity index (χ2n) is 7.92. The van der Waals surface area contributed by atoms with E-state index in [2.05, 4.69) is 20.3 Å². The van der Waals surface area contributed by atoms with Gasteiger partial charge in [0.25, 0.3) is 0 Å². The lowest BCUT2D eigenvalue weighted by atomic mass is 10.1. The molecule has 162 valence electrons. The van der Waals surface area contributed by atoms with Gasteiger partial charge in [-0.25, -0.2) is 18.5 Å². The van der Waals surface area contributed by atoms with Crippen LogP contribution < -0.4 is 14.9 Å². The number of fused-ring (bicyclic) bond motifs is 3. The monoisotopic (exact) mass is 446 g/mol. The number of piperazine rings is 1. The summed E-state index contributed by atoms with van der Waals surface area (Å²) in [7, 11) is -3.81. The Kier molecular flexibility index (Phi) is 4.77. The van der Waals surface area contributed by atoms with Gasteiger partial charge >= 0.3 is 0 Å². The third-order valence-corrected chi connectivity index (χ3v) is 6.94. The normalized spacial score (nSPS) is 14.8. The Morgan fingerprint density at radius 3 is 2.38 bits per heavy atom. The van der Waals surface area contributed by atoms with E-state index in [1.807, 2.05) is 43.3 Å². The van der Waals surface area contributed by atoms with Gasteiger partial charge in [-0.3, -0.25) is 4.40 Å². The van der Waals surface area contributed by atoms with Gasteiger partial charge in [0.2, 0.25) is 10.0 Å². The summed E-state index contributed by atoms with van der Waals surface area (Å²) in [6.07, 6.45) is 0. The molecule has 0 saturated carbocycles. The molecule has 4 aromatic rings. The van der Waals surface area contributed by atoms with Gasteiger partial charge in [-0.2, -0.15) is 5.26 Å². The van der Waals surface area contributed by atoms with E-state index in [1.54, 1.807) is 18.2 Å². The number of para-hydroxylation sites is 3. The predicted molar refractivity (Wildman–Crippen MR) is 124 cm³/mol. The average Bonchev–Trinajstić information content (AvgIpc) is 3.17. The van der Waals surface area contributed by atoms with Crippen molar-refractivity contribution in [1.82, 2.24) is 9.38 Å². The molecule has 0 bridgehead atoms. The number of hydrogen-bond acceptors (Lipinski definition) is 6. The first-order valence-electron chi connectivity index (χ1n) is 10.3. The molecule has 2 aromatic carbocycles.